The van der Waals surface area contributed by atoms with E-state index in [2.05, 4.69) is 5.32 Å². The number of nitrogens with one attached hydrogen (secondary N) is 1. The third-order valence-corrected chi connectivity index (χ3v) is 4.84. The second-order valence-electron chi connectivity index (χ2n) is 6.40. The summed E-state index contributed by atoms with van der Waals surface area (Å²) in [5.74, 6) is 0.0526. The SMILES string of the molecule is O=C(Oc1ccc(Cl)cc1)[C@@H]1CC[C@@H](N(OCc2ccccc2)C(=O)Cl)CN1. The number of piperidine rings is 1. The van der Waals surface area contributed by atoms with E-state index in [9.17, 15) is 9.59 Å². The van der Waals surface area contributed by atoms with E-state index >= 15 is 0 Å². The summed E-state index contributed by atoms with van der Waals surface area (Å²) in [7, 11) is 0. The fraction of sp³-hybridized carbons (Fsp3) is 0.300. The van der Waals surface area contributed by atoms with Gasteiger partial charge in [0.15, 0.2) is 0 Å². The average molecular weight is 423 g/mol. The van der Waals surface area contributed by atoms with E-state index < -0.39 is 11.4 Å². The summed E-state index contributed by atoms with van der Waals surface area (Å²) in [5, 5.41) is 4.15. The van der Waals surface area contributed by atoms with Crippen LogP contribution < -0.4 is 10.1 Å². The normalized spacial score (nSPS) is 19.1. The van der Waals surface area contributed by atoms with Crippen molar-refractivity contribution in [1.29, 1.82) is 0 Å². The maximum Gasteiger partial charge on any atom is 0.340 e. The first-order valence-electron chi connectivity index (χ1n) is 8.89. The zero-order valence-corrected chi connectivity index (χ0v) is 16.5. The third kappa shape index (κ3) is 5.69. The van der Waals surface area contributed by atoms with Gasteiger partial charge in [0.05, 0.1) is 6.04 Å². The van der Waals surface area contributed by atoms with E-state index in [0.29, 0.717) is 30.2 Å². The molecule has 148 valence electrons. The van der Waals surface area contributed by atoms with Crippen LogP contribution in [0.4, 0.5) is 4.79 Å². The van der Waals surface area contributed by atoms with Gasteiger partial charge in [-0.2, -0.15) is 0 Å². The highest BCUT2D eigenvalue weighted by Gasteiger charge is 2.32. The third-order valence-electron chi connectivity index (χ3n) is 4.42. The fourth-order valence-corrected chi connectivity index (χ4v) is 3.26. The first-order valence-corrected chi connectivity index (χ1v) is 9.64. The van der Waals surface area contributed by atoms with Gasteiger partial charge in [0, 0.05) is 11.6 Å². The highest BCUT2D eigenvalue weighted by Crippen LogP contribution is 2.20. The van der Waals surface area contributed by atoms with Crippen molar-refractivity contribution in [3.63, 3.8) is 0 Å². The van der Waals surface area contributed by atoms with Gasteiger partial charge in [0.1, 0.15) is 18.4 Å². The number of hydrogen-bond donors (Lipinski definition) is 1. The van der Waals surface area contributed by atoms with Crippen LogP contribution in [0.25, 0.3) is 0 Å². The number of carbonyl (C=O) groups is 2. The maximum absolute atomic E-state index is 12.3. The van der Waals surface area contributed by atoms with Crippen molar-refractivity contribution in [2.75, 3.05) is 6.54 Å². The Bertz CT molecular complexity index is 794. The van der Waals surface area contributed by atoms with E-state index in [-0.39, 0.29) is 18.6 Å². The van der Waals surface area contributed by atoms with Crippen molar-refractivity contribution in [2.24, 2.45) is 0 Å². The molecule has 0 unspecified atom stereocenters. The molecule has 1 N–H and O–H groups in total. The van der Waals surface area contributed by atoms with Crippen LogP contribution in [0.15, 0.2) is 54.6 Å². The largest absolute Gasteiger partial charge is 0.425 e. The number of hydroxylamine groups is 2. The molecule has 28 heavy (non-hydrogen) atoms. The van der Waals surface area contributed by atoms with Crippen LogP contribution in [0.3, 0.4) is 0 Å². The lowest BCUT2D eigenvalue weighted by Gasteiger charge is -2.34. The van der Waals surface area contributed by atoms with Crippen LogP contribution in [0, 0.1) is 0 Å². The standard InChI is InChI=1S/C20H20Cl2N2O4/c21-15-6-9-17(10-7-15)28-19(25)18-11-8-16(12-23-18)24(20(22)26)27-13-14-4-2-1-3-5-14/h1-7,9-10,16,18,23H,8,11-13H2/t16-,18+/m1/s1. The van der Waals surface area contributed by atoms with Crippen molar-refractivity contribution in [3.8, 4) is 5.75 Å². The van der Waals surface area contributed by atoms with Gasteiger partial charge < -0.3 is 10.1 Å². The maximum atomic E-state index is 12.3. The zero-order chi connectivity index (χ0) is 19.9. The molecular weight excluding hydrogens is 403 g/mol. The number of benzene rings is 2. The number of esters is 1. The van der Waals surface area contributed by atoms with E-state index in [1.165, 1.54) is 5.06 Å². The molecule has 3 rings (SSSR count). The van der Waals surface area contributed by atoms with E-state index in [0.717, 1.165) is 5.56 Å². The molecule has 0 aliphatic carbocycles. The Balaban J connectivity index is 1.51. The van der Waals surface area contributed by atoms with Gasteiger partial charge in [-0.05, 0) is 54.3 Å². The summed E-state index contributed by atoms with van der Waals surface area (Å²) in [6, 6.07) is 15.3. The molecule has 2 aromatic rings. The molecule has 1 heterocycles. The van der Waals surface area contributed by atoms with Crippen LogP contribution >= 0.6 is 23.2 Å². The molecule has 2 atom stereocenters. The lowest BCUT2D eigenvalue weighted by Crippen LogP contribution is -2.53. The molecule has 1 aliphatic rings. The minimum absolute atomic E-state index is 0.234. The lowest BCUT2D eigenvalue weighted by molar-refractivity contribution is -0.155. The van der Waals surface area contributed by atoms with Crippen LogP contribution in [0.2, 0.25) is 5.02 Å². The van der Waals surface area contributed by atoms with Crippen molar-refractivity contribution in [2.45, 2.75) is 31.5 Å². The molecule has 1 aliphatic heterocycles. The summed E-state index contributed by atoms with van der Waals surface area (Å²) in [6.07, 6.45) is 1.05. The van der Waals surface area contributed by atoms with Crippen molar-refractivity contribution in [3.05, 3.63) is 65.2 Å². The zero-order valence-electron chi connectivity index (χ0n) is 15.0. The highest BCUT2D eigenvalue weighted by atomic mass is 35.5. The predicted octanol–water partition coefficient (Wildman–Crippen LogP) is 4.16. The quantitative estimate of drug-likeness (QED) is 0.249. The molecule has 1 amide bonds. The molecule has 0 saturated carbocycles. The first-order chi connectivity index (χ1) is 13.5. The number of ether oxygens (including phenoxy) is 1. The van der Waals surface area contributed by atoms with E-state index in [4.69, 9.17) is 32.8 Å². The topological polar surface area (TPSA) is 67.9 Å². The second-order valence-corrected chi connectivity index (χ2v) is 7.16. The lowest BCUT2D eigenvalue weighted by atomic mass is 10.0. The second kappa shape index (κ2) is 9.89. The summed E-state index contributed by atoms with van der Waals surface area (Å²) < 4.78 is 5.36. The minimum Gasteiger partial charge on any atom is -0.425 e. The van der Waals surface area contributed by atoms with Crippen LogP contribution in [-0.4, -0.2) is 35.0 Å². The smallest absolute Gasteiger partial charge is 0.340 e. The first kappa shape index (κ1) is 20.6. The Morgan fingerprint density at radius 3 is 2.39 bits per heavy atom. The Morgan fingerprint density at radius 2 is 1.79 bits per heavy atom. The molecule has 0 spiro atoms. The number of carbonyl (C=O) groups excluding carboxylic acids is 2. The number of rotatable bonds is 6. The number of amides is 1. The van der Waals surface area contributed by atoms with Gasteiger partial charge in [-0.25, -0.2) is 9.86 Å². The monoisotopic (exact) mass is 422 g/mol. The minimum atomic E-state index is -0.690. The molecule has 1 saturated heterocycles. The molecule has 6 nitrogen and oxygen atoms in total. The molecule has 1 fully saturated rings. The highest BCUT2D eigenvalue weighted by molar-refractivity contribution is 6.62. The Kier molecular flexibility index (Phi) is 7.28. The molecule has 8 heteroatoms. The molecular formula is C20H20Cl2N2O4. The Labute approximate surface area is 173 Å². The predicted molar refractivity (Wildman–Crippen MR) is 106 cm³/mol. The molecule has 0 radical (unpaired) electrons. The van der Waals surface area contributed by atoms with Crippen LogP contribution in [0.5, 0.6) is 5.75 Å². The summed E-state index contributed by atoms with van der Waals surface area (Å²) in [6.45, 7) is 0.603. The van der Waals surface area contributed by atoms with Crippen LogP contribution in [0.1, 0.15) is 18.4 Å². The summed E-state index contributed by atoms with van der Waals surface area (Å²) in [5.41, 5.74) is 0.929. The number of hydrogen-bond acceptors (Lipinski definition) is 5. The van der Waals surface area contributed by atoms with Crippen molar-refractivity contribution < 1.29 is 19.2 Å². The average Bonchev–Trinajstić information content (AvgIpc) is 2.71. The van der Waals surface area contributed by atoms with Crippen molar-refractivity contribution >= 4 is 34.5 Å². The van der Waals surface area contributed by atoms with E-state index in [1.807, 2.05) is 30.3 Å². The van der Waals surface area contributed by atoms with Gasteiger partial charge in [0.2, 0.25) is 0 Å². The van der Waals surface area contributed by atoms with Gasteiger partial charge in [0.25, 0.3) is 0 Å². The van der Waals surface area contributed by atoms with Crippen LogP contribution in [-0.2, 0) is 16.2 Å². The fourth-order valence-electron chi connectivity index (χ4n) is 2.95. The van der Waals surface area contributed by atoms with Gasteiger partial charge in [-0.1, -0.05) is 41.9 Å². The van der Waals surface area contributed by atoms with Gasteiger partial charge >= 0.3 is 11.3 Å². The van der Waals surface area contributed by atoms with Gasteiger partial charge in [-0.15, -0.1) is 0 Å². The number of halogens is 2. The van der Waals surface area contributed by atoms with Gasteiger partial charge in [-0.3, -0.25) is 9.63 Å². The molecule has 0 aromatic heterocycles. The summed E-state index contributed by atoms with van der Waals surface area (Å²) in [4.78, 5) is 29.7. The van der Waals surface area contributed by atoms with E-state index in [1.54, 1.807) is 24.3 Å². The summed E-state index contributed by atoms with van der Waals surface area (Å²) >= 11 is 11.5. The number of nitrogens with zero attached hydrogens (tertiary/aromatic N) is 1. The Morgan fingerprint density at radius 1 is 1.07 bits per heavy atom. The molecule has 0 bridgehead atoms. The molecule has 2 aromatic carbocycles. The van der Waals surface area contributed by atoms with Crippen molar-refractivity contribution in [1.82, 2.24) is 10.4 Å². The Hall–Kier alpha value is -2.12.